The molecule has 0 fully saturated rings. The van der Waals surface area contributed by atoms with Crippen LogP contribution in [0.25, 0.3) is 0 Å². The van der Waals surface area contributed by atoms with E-state index in [-0.39, 0.29) is 5.78 Å². The van der Waals surface area contributed by atoms with Crippen molar-refractivity contribution in [2.45, 2.75) is 6.42 Å². The van der Waals surface area contributed by atoms with E-state index in [1.807, 2.05) is 18.2 Å². The van der Waals surface area contributed by atoms with Gasteiger partial charge in [-0.05, 0) is 40.3 Å². The molecule has 70 valence electrons. The topological polar surface area (TPSA) is 17.1 Å². The highest BCUT2D eigenvalue weighted by Crippen LogP contribution is 2.19. The van der Waals surface area contributed by atoms with E-state index >= 15 is 0 Å². The zero-order valence-electron chi connectivity index (χ0n) is 6.69. The molecule has 0 bridgehead atoms. The van der Waals surface area contributed by atoms with Crippen LogP contribution in [0.5, 0.6) is 0 Å². The second-order valence-electron chi connectivity index (χ2n) is 2.60. The summed E-state index contributed by atoms with van der Waals surface area (Å²) in [5, 5.41) is 1.14. The van der Waals surface area contributed by atoms with E-state index in [4.69, 9.17) is 11.6 Å². The lowest BCUT2D eigenvalue weighted by Crippen LogP contribution is -2.03. The zero-order valence-corrected chi connectivity index (χ0v) is 11.2. The number of carbonyl (C=O) groups is 1. The molecule has 0 aliphatic rings. The summed E-state index contributed by atoms with van der Waals surface area (Å²) in [4.78, 5) is 11.1. The van der Waals surface area contributed by atoms with Crippen molar-refractivity contribution in [3.63, 3.8) is 0 Å². The van der Waals surface area contributed by atoms with Crippen LogP contribution in [0, 0.1) is 3.57 Å². The first-order chi connectivity index (χ1) is 6.13. The Labute approximate surface area is 104 Å². The monoisotopic (exact) mass is 372 g/mol. The van der Waals surface area contributed by atoms with Crippen molar-refractivity contribution < 1.29 is 4.79 Å². The first-order valence-corrected chi connectivity index (χ1v) is 6.23. The molecule has 0 saturated heterocycles. The van der Waals surface area contributed by atoms with Crippen LogP contribution in [-0.4, -0.2) is 11.1 Å². The summed E-state index contributed by atoms with van der Waals surface area (Å²) >= 11 is 11.1. The van der Waals surface area contributed by atoms with Crippen LogP contribution in [0.4, 0.5) is 0 Å². The Morgan fingerprint density at radius 3 is 2.77 bits per heavy atom. The molecule has 4 heteroatoms. The smallest absolute Gasteiger partial charge is 0.147 e. The third-order valence-electron chi connectivity index (χ3n) is 1.53. The highest BCUT2D eigenvalue weighted by molar-refractivity contribution is 14.1. The van der Waals surface area contributed by atoms with E-state index in [2.05, 4.69) is 38.5 Å². The summed E-state index contributed by atoms with van der Waals surface area (Å²) in [6, 6.07) is 5.63. The van der Waals surface area contributed by atoms with Gasteiger partial charge in [0.15, 0.2) is 0 Å². The normalized spacial score (nSPS) is 10.1. The van der Waals surface area contributed by atoms with Crippen molar-refractivity contribution in [3.8, 4) is 0 Å². The number of rotatable bonds is 3. The summed E-state index contributed by atoms with van der Waals surface area (Å²) in [5.74, 6) is 0.179. The fraction of sp³-hybridized carbons (Fsp3) is 0.222. The van der Waals surface area contributed by atoms with E-state index < -0.39 is 0 Å². The molecule has 13 heavy (non-hydrogen) atoms. The van der Waals surface area contributed by atoms with Crippen molar-refractivity contribution in [3.05, 3.63) is 32.4 Å². The van der Waals surface area contributed by atoms with E-state index in [1.54, 1.807) is 0 Å². The maximum absolute atomic E-state index is 11.1. The molecule has 0 aliphatic carbocycles. The first kappa shape index (κ1) is 11.5. The van der Waals surface area contributed by atoms with Gasteiger partial charge in [-0.15, -0.1) is 0 Å². The number of Topliss-reactive ketones (excluding diaryl/α,β-unsaturated/α-hetero) is 1. The summed E-state index contributed by atoms with van der Waals surface area (Å²) in [6.07, 6.45) is 0.471. The average molecular weight is 373 g/mol. The van der Waals surface area contributed by atoms with Crippen LogP contribution >= 0.6 is 50.1 Å². The minimum Gasteiger partial charge on any atom is -0.298 e. The van der Waals surface area contributed by atoms with Crippen molar-refractivity contribution in [1.29, 1.82) is 0 Å². The fourth-order valence-corrected chi connectivity index (χ4v) is 1.82. The summed E-state index contributed by atoms with van der Waals surface area (Å²) in [7, 11) is 0. The van der Waals surface area contributed by atoms with E-state index in [9.17, 15) is 4.79 Å². The standard InChI is InChI=1S/C9H7BrClIO/c10-5-7(13)3-6-1-2-8(11)9(12)4-6/h1-2,4H,3,5H2. The molecule has 0 radical (unpaired) electrons. The molecule has 1 rings (SSSR count). The zero-order chi connectivity index (χ0) is 9.84. The number of alkyl halides is 1. The van der Waals surface area contributed by atoms with Gasteiger partial charge >= 0.3 is 0 Å². The predicted octanol–water partition coefficient (Wildman–Crippen LogP) is 3.45. The second kappa shape index (κ2) is 5.32. The fourth-order valence-electron chi connectivity index (χ4n) is 0.925. The van der Waals surface area contributed by atoms with Gasteiger partial charge in [0.2, 0.25) is 0 Å². The lowest BCUT2D eigenvalue weighted by molar-refractivity contribution is -0.115. The quantitative estimate of drug-likeness (QED) is 0.586. The van der Waals surface area contributed by atoms with Gasteiger partial charge in [0, 0.05) is 9.99 Å². The maximum Gasteiger partial charge on any atom is 0.147 e. The number of carbonyl (C=O) groups excluding carboxylic acids is 1. The lowest BCUT2D eigenvalue weighted by Gasteiger charge is -2.00. The van der Waals surface area contributed by atoms with Gasteiger partial charge in [0.25, 0.3) is 0 Å². The van der Waals surface area contributed by atoms with Gasteiger partial charge in [-0.2, -0.15) is 0 Å². The summed E-state index contributed by atoms with van der Waals surface area (Å²) < 4.78 is 0.985. The maximum atomic E-state index is 11.1. The van der Waals surface area contributed by atoms with Crippen LogP contribution in [-0.2, 0) is 11.2 Å². The highest BCUT2D eigenvalue weighted by Gasteiger charge is 2.03. The SMILES string of the molecule is O=C(CBr)Cc1ccc(Cl)c(I)c1. The van der Waals surface area contributed by atoms with Crippen LogP contribution in [0.2, 0.25) is 5.02 Å². The van der Waals surface area contributed by atoms with Crippen LogP contribution in [0.15, 0.2) is 18.2 Å². The molecular weight excluding hydrogens is 366 g/mol. The molecule has 0 atom stereocenters. The molecule has 1 nitrogen and oxygen atoms in total. The predicted molar refractivity (Wildman–Crippen MR) is 66.7 cm³/mol. The van der Waals surface area contributed by atoms with Crippen LogP contribution in [0.3, 0.4) is 0 Å². The molecule has 0 saturated carbocycles. The van der Waals surface area contributed by atoms with Crippen molar-refractivity contribution in [1.82, 2.24) is 0 Å². The Hall–Kier alpha value is 0.390. The van der Waals surface area contributed by atoms with Crippen molar-refractivity contribution >= 4 is 55.9 Å². The minimum absolute atomic E-state index is 0.179. The molecule has 0 aromatic heterocycles. The Morgan fingerprint density at radius 2 is 2.23 bits per heavy atom. The third-order valence-corrected chi connectivity index (χ3v) is 3.70. The van der Waals surface area contributed by atoms with Crippen molar-refractivity contribution in [2.75, 3.05) is 5.33 Å². The Morgan fingerprint density at radius 1 is 1.54 bits per heavy atom. The molecule has 0 amide bonds. The summed E-state index contributed by atoms with van der Waals surface area (Å²) in [6.45, 7) is 0. The molecule has 0 N–H and O–H groups in total. The average Bonchev–Trinajstić information content (AvgIpc) is 2.11. The molecule has 0 aliphatic heterocycles. The molecule has 1 aromatic carbocycles. The van der Waals surface area contributed by atoms with E-state index in [1.165, 1.54) is 0 Å². The number of ketones is 1. The van der Waals surface area contributed by atoms with Gasteiger partial charge in [0.05, 0.1) is 10.4 Å². The van der Waals surface area contributed by atoms with Gasteiger partial charge in [0.1, 0.15) is 5.78 Å². The largest absolute Gasteiger partial charge is 0.298 e. The Bertz CT molecular complexity index is 327. The Kier molecular flexibility index (Phi) is 4.69. The summed E-state index contributed by atoms with van der Waals surface area (Å²) in [5.41, 5.74) is 1.01. The molecule has 0 spiro atoms. The van der Waals surface area contributed by atoms with Crippen LogP contribution < -0.4 is 0 Å². The minimum atomic E-state index is 0.179. The van der Waals surface area contributed by atoms with Crippen molar-refractivity contribution in [2.24, 2.45) is 0 Å². The van der Waals surface area contributed by atoms with Gasteiger partial charge in [-0.3, -0.25) is 4.79 Å². The van der Waals surface area contributed by atoms with Gasteiger partial charge in [-0.1, -0.05) is 33.6 Å². The first-order valence-electron chi connectivity index (χ1n) is 3.65. The van der Waals surface area contributed by atoms with Gasteiger partial charge < -0.3 is 0 Å². The lowest BCUT2D eigenvalue weighted by atomic mass is 10.1. The number of hydrogen-bond acceptors (Lipinski definition) is 1. The molecule has 1 aromatic rings. The number of hydrogen-bond donors (Lipinski definition) is 0. The van der Waals surface area contributed by atoms with Crippen LogP contribution in [0.1, 0.15) is 5.56 Å². The van der Waals surface area contributed by atoms with E-state index in [0.717, 1.165) is 14.2 Å². The third kappa shape index (κ3) is 3.56. The Balaban J connectivity index is 2.79. The number of halogens is 3. The molecule has 0 unspecified atom stereocenters. The number of benzene rings is 1. The van der Waals surface area contributed by atoms with Gasteiger partial charge in [-0.25, -0.2) is 0 Å². The second-order valence-corrected chi connectivity index (χ2v) is 4.73. The molecular formula is C9H7BrClIO. The van der Waals surface area contributed by atoms with E-state index in [0.29, 0.717) is 11.8 Å². The highest BCUT2D eigenvalue weighted by atomic mass is 127. The molecule has 0 heterocycles.